The molecular formula is C16H17F3N4O3. The van der Waals surface area contributed by atoms with Crippen LogP contribution in [0.25, 0.3) is 11.0 Å². The Kier molecular flexibility index (Phi) is 4.37. The van der Waals surface area contributed by atoms with Crippen molar-refractivity contribution < 1.29 is 27.9 Å². The number of carbonyl (C=O) groups excluding carboxylic acids is 1. The van der Waals surface area contributed by atoms with Crippen LogP contribution in [-0.2, 0) is 11.3 Å². The van der Waals surface area contributed by atoms with Gasteiger partial charge in [-0.25, -0.2) is 9.67 Å². The number of hydrogen-bond acceptors (Lipinski definition) is 4. The Bertz CT molecular complexity index is 877. The van der Waals surface area contributed by atoms with Gasteiger partial charge >= 0.3 is 12.1 Å². The first kappa shape index (κ1) is 18.2. The number of likely N-dealkylation sites (tertiary alicyclic amines) is 1. The van der Waals surface area contributed by atoms with E-state index in [4.69, 9.17) is 5.11 Å². The average Bonchev–Trinajstić information content (AvgIpc) is 3.17. The van der Waals surface area contributed by atoms with Crippen molar-refractivity contribution in [1.29, 1.82) is 0 Å². The maximum absolute atomic E-state index is 13.1. The van der Waals surface area contributed by atoms with Gasteiger partial charge in [0.2, 0.25) is 0 Å². The molecule has 0 bridgehead atoms. The van der Waals surface area contributed by atoms with Crippen LogP contribution in [-0.4, -0.2) is 55.9 Å². The molecule has 0 aromatic carbocycles. The summed E-state index contributed by atoms with van der Waals surface area (Å²) in [7, 11) is 0. The molecule has 3 heterocycles. The van der Waals surface area contributed by atoms with Crippen molar-refractivity contribution in [3.63, 3.8) is 0 Å². The van der Waals surface area contributed by atoms with Gasteiger partial charge in [0, 0.05) is 25.0 Å². The monoisotopic (exact) mass is 370 g/mol. The molecule has 2 aromatic rings. The number of carbonyl (C=O) groups is 2. The Morgan fingerprint density at radius 1 is 1.35 bits per heavy atom. The molecule has 1 saturated heterocycles. The van der Waals surface area contributed by atoms with E-state index in [2.05, 4.69) is 10.1 Å². The maximum atomic E-state index is 13.1. The number of carboxylic acid groups (broad SMARTS) is 1. The third kappa shape index (κ3) is 2.99. The number of hydrogen-bond donors (Lipinski definition) is 1. The van der Waals surface area contributed by atoms with E-state index in [0.29, 0.717) is 23.3 Å². The first-order valence-corrected chi connectivity index (χ1v) is 8.05. The first-order chi connectivity index (χ1) is 12.1. The second-order valence-electron chi connectivity index (χ2n) is 6.30. The lowest BCUT2D eigenvalue weighted by Gasteiger charge is -2.19. The Balaban J connectivity index is 1.93. The smallest absolute Gasteiger partial charge is 0.394 e. The molecule has 1 N–H and O–H groups in total. The summed E-state index contributed by atoms with van der Waals surface area (Å²) in [5.74, 6) is -5.96. The van der Waals surface area contributed by atoms with E-state index < -0.39 is 43.0 Å². The van der Waals surface area contributed by atoms with E-state index in [0.717, 1.165) is 4.90 Å². The molecule has 1 aliphatic heterocycles. The van der Waals surface area contributed by atoms with Crippen molar-refractivity contribution in [2.45, 2.75) is 26.6 Å². The van der Waals surface area contributed by atoms with E-state index in [9.17, 15) is 22.8 Å². The van der Waals surface area contributed by atoms with Gasteiger partial charge in [-0.1, -0.05) is 0 Å². The normalized spacial score (nSPS) is 20.7. The highest BCUT2D eigenvalue weighted by atomic mass is 19.4. The van der Waals surface area contributed by atoms with E-state index in [1.54, 1.807) is 11.6 Å². The van der Waals surface area contributed by atoms with Crippen LogP contribution in [0.15, 0.2) is 12.3 Å². The third-order valence-corrected chi connectivity index (χ3v) is 4.68. The number of fused-ring (bicyclic) bond motifs is 1. The van der Waals surface area contributed by atoms with E-state index in [-0.39, 0.29) is 5.56 Å². The highest BCUT2D eigenvalue weighted by Crippen LogP contribution is 2.38. The third-order valence-electron chi connectivity index (χ3n) is 4.68. The van der Waals surface area contributed by atoms with Gasteiger partial charge < -0.3 is 10.0 Å². The van der Waals surface area contributed by atoms with E-state index in [1.165, 1.54) is 12.3 Å². The SMILES string of the molecule is CCn1ncc2cc(C(=O)N3C[C@@H](C(F)(F)F)[C@H](C(=O)O)C3)c(C)nc21. The maximum Gasteiger partial charge on any atom is 0.394 e. The number of nitrogens with zero attached hydrogens (tertiary/aromatic N) is 4. The van der Waals surface area contributed by atoms with E-state index in [1.807, 2.05) is 6.92 Å². The molecule has 0 aliphatic carbocycles. The number of alkyl halides is 3. The summed E-state index contributed by atoms with van der Waals surface area (Å²) >= 11 is 0. The predicted octanol–water partition coefficient (Wildman–Crippen LogP) is 2.09. The lowest BCUT2D eigenvalue weighted by atomic mass is 9.96. The number of rotatable bonds is 3. The van der Waals surface area contributed by atoms with Crippen LogP contribution >= 0.6 is 0 Å². The number of aliphatic carboxylic acids is 1. The molecule has 2 aromatic heterocycles. The van der Waals surface area contributed by atoms with Crippen molar-refractivity contribution in [1.82, 2.24) is 19.7 Å². The minimum Gasteiger partial charge on any atom is -0.481 e. The summed E-state index contributed by atoms with van der Waals surface area (Å²) in [6.07, 6.45) is -3.15. The quantitative estimate of drug-likeness (QED) is 0.894. The zero-order chi connectivity index (χ0) is 19.2. The van der Waals surface area contributed by atoms with Crippen LogP contribution in [0.4, 0.5) is 13.2 Å². The Labute approximate surface area is 146 Å². The standard InChI is InChI=1S/C16H17F3N4O3/c1-3-23-13-9(5-20-23)4-10(8(2)21-13)14(24)22-6-11(15(25)26)12(7-22)16(17,18)19/h4-5,11-12H,3,6-7H2,1-2H3,(H,25,26)/t11-,12-/m1/s1. The summed E-state index contributed by atoms with van der Waals surface area (Å²) < 4.78 is 41.0. The molecule has 1 amide bonds. The van der Waals surface area contributed by atoms with Crippen LogP contribution in [0.3, 0.4) is 0 Å². The molecule has 3 rings (SSSR count). The van der Waals surface area contributed by atoms with Crippen molar-refractivity contribution >= 4 is 22.9 Å². The fraction of sp³-hybridized carbons (Fsp3) is 0.500. The molecular weight excluding hydrogens is 353 g/mol. The van der Waals surface area contributed by atoms with Crippen molar-refractivity contribution in [2.24, 2.45) is 11.8 Å². The summed E-state index contributed by atoms with van der Waals surface area (Å²) in [5, 5.41) is 13.8. The summed E-state index contributed by atoms with van der Waals surface area (Å²) in [6.45, 7) is 2.90. The fourth-order valence-corrected chi connectivity index (χ4v) is 3.27. The zero-order valence-corrected chi connectivity index (χ0v) is 14.1. The Morgan fingerprint density at radius 3 is 2.58 bits per heavy atom. The lowest BCUT2D eigenvalue weighted by Crippen LogP contribution is -2.34. The average molecular weight is 370 g/mol. The first-order valence-electron chi connectivity index (χ1n) is 8.05. The minimum atomic E-state index is -4.68. The zero-order valence-electron chi connectivity index (χ0n) is 14.1. The lowest BCUT2D eigenvalue weighted by molar-refractivity contribution is -0.187. The Morgan fingerprint density at radius 2 is 2.04 bits per heavy atom. The molecule has 10 heteroatoms. The van der Waals surface area contributed by atoms with Gasteiger partial charge in [0.15, 0.2) is 5.65 Å². The number of aryl methyl sites for hydroxylation is 2. The van der Waals surface area contributed by atoms with E-state index >= 15 is 0 Å². The van der Waals surface area contributed by atoms with Gasteiger partial charge in [-0.3, -0.25) is 9.59 Å². The largest absolute Gasteiger partial charge is 0.481 e. The highest BCUT2D eigenvalue weighted by Gasteiger charge is 2.53. The number of pyridine rings is 1. The van der Waals surface area contributed by atoms with Gasteiger partial charge in [-0.05, 0) is 19.9 Å². The number of amides is 1. The highest BCUT2D eigenvalue weighted by molar-refractivity contribution is 5.98. The number of aromatic nitrogens is 3. The van der Waals surface area contributed by atoms with Gasteiger partial charge in [0.25, 0.3) is 5.91 Å². The molecule has 2 atom stereocenters. The van der Waals surface area contributed by atoms with Gasteiger partial charge in [0.05, 0.1) is 29.3 Å². The van der Waals surface area contributed by atoms with Crippen molar-refractivity contribution in [3.8, 4) is 0 Å². The molecule has 26 heavy (non-hydrogen) atoms. The second-order valence-corrected chi connectivity index (χ2v) is 6.30. The van der Waals surface area contributed by atoms with Crippen molar-refractivity contribution in [3.05, 3.63) is 23.5 Å². The molecule has 0 radical (unpaired) electrons. The molecule has 0 unspecified atom stereocenters. The van der Waals surface area contributed by atoms with Gasteiger partial charge in [-0.15, -0.1) is 0 Å². The minimum absolute atomic E-state index is 0.153. The van der Waals surface area contributed by atoms with Crippen LogP contribution < -0.4 is 0 Å². The van der Waals surface area contributed by atoms with Crippen LogP contribution in [0.1, 0.15) is 23.0 Å². The second kappa shape index (κ2) is 6.26. The van der Waals surface area contributed by atoms with Crippen LogP contribution in [0.2, 0.25) is 0 Å². The molecule has 140 valence electrons. The number of carboxylic acids is 1. The van der Waals surface area contributed by atoms with Gasteiger partial charge in [-0.2, -0.15) is 18.3 Å². The molecule has 1 aliphatic rings. The molecule has 7 nitrogen and oxygen atoms in total. The molecule has 0 spiro atoms. The predicted molar refractivity (Wildman–Crippen MR) is 84.5 cm³/mol. The van der Waals surface area contributed by atoms with Crippen molar-refractivity contribution in [2.75, 3.05) is 13.1 Å². The molecule has 1 fully saturated rings. The number of halogens is 3. The van der Waals surface area contributed by atoms with Crippen LogP contribution in [0, 0.1) is 18.8 Å². The molecule has 0 saturated carbocycles. The topological polar surface area (TPSA) is 88.3 Å². The summed E-state index contributed by atoms with van der Waals surface area (Å²) in [6, 6.07) is 1.54. The Hall–Kier alpha value is -2.65. The summed E-state index contributed by atoms with van der Waals surface area (Å²) in [5.41, 5.74) is 1.10. The van der Waals surface area contributed by atoms with Gasteiger partial charge in [0.1, 0.15) is 0 Å². The fourth-order valence-electron chi connectivity index (χ4n) is 3.27. The van der Waals surface area contributed by atoms with Crippen LogP contribution in [0.5, 0.6) is 0 Å². The summed E-state index contributed by atoms with van der Waals surface area (Å²) in [4.78, 5) is 29.2.